The highest BCUT2D eigenvalue weighted by molar-refractivity contribution is 5.92. The second-order valence-electron chi connectivity index (χ2n) is 7.72. The summed E-state index contributed by atoms with van der Waals surface area (Å²) in [6.45, 7) is 8.24. The third-order valence-electron chi connectivity index (χ3n) is 4.64. The van der Waals surface area contributed by atoms with Crippen molar-refractivity contribution in [2.24, 2.45) is 5.92 Å². The maximum atomic E-state index is 13.6. The minimum absolute atomic E-state index is 0.204. The van der Waals surface area contributed by atoms with Crippen LogP contribution in [0.25, 0.3) is 0 Å². The number of hydrogen-bond acceptors (Lipinski definition) is 3. The highest BCUT2D eigenvalue weighted by atomic mass is 19.1. The molecule has 1 saturated heterocycles. The van der Waals surface area contributed by atoms with Crippen molar-refractivity contribution in [2.75, 3.05) is 13.2 Å². The van der Waals surface area contributed by atoms with Crippen LogP contribution in [-0.2, 0) is 9.53 Å². The topological polar surface area (TPSA) is 58.6 Å². The zero-order valence-corrected chi connectivity index (χ0v) is 15.5. The maximum Gasteiger partial charge on any atom is 0.408 e. The summed E-state index contributed by atoms with van der Waals surface area (Å²) in [5.74, 6) is -0.920. The van der Waals surface area contributed by atoms with E-state index in [-0.39, 0.29) is 18.5 Å². The molecule has 3 atom stereocenters. The first-order chi connectivity index (χ1) is 11.6. The Balaban J connectivity index is 2.21. The van der Waals surface area contributed by atoms with Gasteiger partial charge >= 0.3 is 6.09 Å². The SMILES string of the molecule is C[C@H](c1ccccc1)N1C[C@H](CF)[C@](C)(NC(=O)OC(C)(C)C)C1=O. The average Bonchev–Trinajstić information content (AvgIpc) is 2.77. The third-order valence-corrected chi connectivity index (χ3v) is 4.64. The van der Waals surface area contributed by atoms with Crippen LogP contribution in [0, 0.1) is 5.92 Å². The van der Waals surface area contributed by atoms with Crippen LogP contribution in [0.2, 0.25) is 0 Å². The summed E-state index contributed by atoms with van der Waals surface area (Å²) in [6.07, 6.45) is -0.712. The first-order valence-electron chi connectivity index (χ1n) is 8.51. The fourth-order valence-corrected chi connectivity index (χ4v) is 3.10. The van der Waals surface area contributed by atoms with Crippen molar-refractivity contribution < 1.29 is 18.7 Å². The molecule has 25 heavy (non-hydrogen) atoms. The van der Waals surface area contributed by atoms with E-state index in [9.17, 15) is 14.0 Å². The van der Waals surface area contributed by atoms with E-state index in [0.717, 1.165) is 5.56 Å². The molecular weight excluding hydrogens is 323 g/mol. The highest BCUT2D eigenvalue weighted by Gasteiger charge is 2.53. The number of benzene rings is 1. The van der Waals surface area contributed by atoms with Crippen LogP contribution in [0.5, 0.6) is 0 Å². The Morgan fingerprint density at radius 1 is 1.40 bits per heavy atom. The molecule has 5 nitrogen and oxygen atoms in total. The van der Waals surface area contributed by atoms with Gasteiger partial charge in [-0.05, 0) is 40.2 Å². The molecule has 0 unspecified atom stereocenters. The molecule has 2 amide bonds. The van der Waals surface area contributed by atoms with Crippen LogP contribution >= 0.6 is 0 Å². The Labute approximate surface area is 148 Å². The number of hydrogen-bond donors (Lipinski definition) is 1. The number of alkyl carbamates (subject to hydrolysis) is 1. The fraction of sp³-hybridized carbons (Fsp3) is 0.579. The van der Waals surface area contributed by atoms with Crippen LogP contribution in [0.4, 0.5) is 9.18 Å². The first-order valence-corrected chi connectivity index (χ1v) is 8.51. The van der Waals surface area contributed by atoms with Crippen LogP contribution in [0.3, 0.4) is 0 Å². The molecule has 138 valence electrons. The van der Waals surface area contributed by atoms with Crippen LogP contribution in [0.1, 0.15) is 46.2 Å². The van der Waals surface area contributed by atoms with E-state index in [2.05, 4.69) is 5.32 Å². The monoisotopic (exact) mass is 350 g/mol. The summed E-state index contributed by atoms with van der Waals surface area (Å²) in [4.78, 5) is 26.8. The van der Waals surface area contributed by atoms with Gasteiger partial charge in [-0.25, -0.2) is 4.79 Å². The molecule has 0 bridgehead atoms. The van der Waals surface area contributed by atoms with Crippen LogP contribution < -0.4 is 5.32 Å². The lowest BCUT2D eigenvalue weighted by Gasteiger charge is -2.31. The number of halogens is 1. The van der Waals surface area contributed by atoms with Gasteiger partial charge in [-0.2, -0.15) is 0 Å². The van der Waals surface area contributed by atoms with Gasteiger partial charge in [0.25, 0.3) is 0 Å². The second-order valence-corrected chi connectivity index (χ2v) is 7.72. The van der Waals surface area contributed by atoms with E-state index >= 15 is 0 Å². The highest BCUT2D eigenvalue weighted by Crippen LogP contribution is 2.35. The molecule has 1 heterocycles. The van der Waals surface area contributed by atoms with Crippen molar-refractivity contribution in [2.45, 2.75) is 51.8 Å². The van der Waals surface area contributed by atoms with E-state index < -0.39 is 29.8 Å². The molecule has 0 aliphatic carbocycles. The summed E-state index contributed by atoms with van der Waals surface area (Å²) in [6, 6.07) is 9.36. The fourth-order valence-electron chi connectivity index (χ4n) is 3.10. The number of likely N-dealkylation sites (tertiary alicyclic amines) is 1. The summed E-state index contributed by atoms with van der Waals surface area (Å²) >= 11 is 0. The largest absolute Gasteiger partial charge is 0.444 e. The summed E-state index contributed by atoms with van der Waals surface area (Å²) in [7, 11) is 0. The Morgan fingerprint density at radius 3 is 2.52 bits per heavy atom. The van der Waals surface area contributed by atoms with Gasteiger partial charge in [-0.15, -0.1) is 0 Å². The van der Waals surface area contributed by atoms with Gasteiger partial charge in [0.15, 0.2) is 0 Å². The number of carbonyl (C=O) groups excluding carboxylic acids is 2. The van der Waals surface area contributed by atoms with Gasteiger partial charge in [0, 0.05) is 12.5 Å². The molecule has 1 aliphatic heterocycles. The maximum absolute atomic E-state index is 13.6. The van der Waals surface area contributed by atoms with E-state index in [0.29, 0.717) is 0 Å². The van der Waals surface area contributed by atoms with E-state index in [1.54, 1.807) is 32.6 Å². The quantitative estimate of drug-likeness (QED) is 0.905. The minimum Gasteiger partial charge on any atom is -0.444 e. The average molecular weight is 350 g/mol. The third kappa shape index (κ3) is 4.11. The van der Waals surface area contributed by atoms with Gasteiger partial charge < -0.3 is 15.0 Å². The molecule has 2 rings (SSSR count). The molecule has 0 radical (unpaired) electrons. The van der Waals surface area contributed by atoms with Crippen molar-refractivity contribution in [1.29, 1.82) is 0 Å². The minimum atomic E-state index is -1.32. The van der Waals surface area contributed by atoms with E-state index in [4.69, 9.17) is 4.74 Å². The number of amides is 2. The number of rotatable bonds is 4. The van der Waals surface area contributed by atoms with E-state index in [1.165, 1.54) is 0 Å². The predicted octanol–water partition coefficient (Wildman–Crippen LogP) is 3.46. The number of alkyl halides is 1. The molecule has 6 heteroatoms. The summed E-state index contributed by atoms with van der Waals surface area (Å²) in [5.41, 5.74) is -1.04. The van der Waals surface area contributed by atoms with Crippen LogP contribution in [-0.4, -0.2) is 41.3 Å². The van der Waals surface area contributed by atoms with Gasteiger partial charge in [-0.3, -0.25) is 9.18 Å². The van der Waals surface area contributed by atoms with Crippen LogP contribution in [0.15, 0.2) is 30.3 Å². The van der Waals surface area contributed by atoms with E-state index in [1.807, 2.05) is 37.3 Å². The molecule has 1 aromatic carbocycles. The lowest BCUT2D eigenvalue weighted by Crippen LogP contribution is -2.56. The Morgan fingerprint density at radius 2 is 2.00 bits per heavy atom. The Kier molecular flexibility index (Phi) is 5.40. The van der Waals surface area contributed by atoms with Gasteiger partial charge in [0.05, 0.1) is 12.7 Å². The Hall–Kier alpha value is -2.11. The molecule has 0 spiro atoms. The first kappa shape index (κ1) is 19.2. The standard InChI is InChI=1S/C19H27FN2O3/c1-13(14-9-7-6-8-10-14)22-12-15(11-20)19(5,16(22)23)21-17(24)25-18(2,3)4/h6-10,13,15H,11-12H2,1-5H3,(H,21,24)/t13-,15+,19+/m1/s1. The van der Waals surface area contributed by atoms with Gasteiger partial charge in [-0.1, -0.05) is 30.3 Å². The molecule has 1 fully saturated rings. The van der Waals surface area contributed by atoms with Gasteiger partial charge in [0.1, 0.15) is 11.1 Å². The summed E-state index contributed by atoms with van der Waals surface area (Å²) in [5, 5.41) is 2.61. The lowest BCUT2D eigenvalue weighted by molar-refractivity contribution is -0.134. The molecule has 1 aromatic rings. The molecule has 0 saturated carbocycles. The van der Waals surface area contributed by atoms with Crippen molar-refractivity contribution >= 4 is 12.0 Å². The van der Waals surface area contributed by atoms with Crippen molar-refractivity contribution in [3.05, 3.63) is 35.9 Å². The molecule has 1 aliphatic rings. The number of ether oxygens (including phenoxy) is 1. The van der Waals surface area contributed by atoms with Crippen molar-refractivity contribution in [3.63, 3.8) is 0 Å². The van der Waals surface area contributed by atoms with Crippen molar-refractivity contribution in [1.82, 2.24) is 10.2 Å². The smallest absolute Gasteiger partial charge is 0.408 e. The van der Waals surface area contributed by atoms with Gasteiger partial charge in [0.2, 0.25) is 5.91 Å². The zero-order valence-electron chi connectivity index (χ0n) is 15.5. The van der Waals surface area contributed by atoms with Crippen molar-refractivity contribution in [3.8, 4) is 0 Å². The zero-order chi connectivity index (χ0) is 18.8. The summed E-state index contributed by atoms with van der Waals surface area (Å²) < 4.78 is 18.9. The Bertz CT molecular complexity index is 629. The molecule has 0 aromatic heterocycles. The number of nitrogens with zero attached hydrogens (tertiary/aromatic N) is 1. The number of nitrogens with one attached hydrogen (secondary N) is 1. The normalized spacial score (nSPS) is 25.0. The molecular formula is C19H27FN2O3. The number of carbonyl (C=O) groups is 2. The lowest BCUT2D eigenvalue weighted by atomic mass is 9.89. The predicted molar refractivity (Wildman–Crippen MR) is 93.8 cm³/mol. The molecule has 1 N–H and O–H groups in total. The second kappa shape index (κ2) is 7.02.